The van der Waals surface area contributed by atoms with Crippen LogP contribution < -0.4 is 4.90 Å². The molecule has 0 spiro atoms. The molecule has 1 saturated heterocycles. The molecular weight excluding hydrogens is 278 g/mol. The van der Waals surface area contributed by atoms with Gasteiger partial charge in [0.2, 0.25) is 11.8 Å². The first-order valence-electron chi connectivity index (χ1n) is 7.83. The summed E-state index contributed by atoms with van der Waals surface area (Å²) in [6, 6.07) is 9.49. The van der Waals surface area contributed by atoms with Crippen LogP contribution in [0.3, 0.4) is 0 Å². The number of carbonyl (C=O) groups is 2. The molecule has 1 atom stereocenters. The lowest BCUT2D eigenvalue weighted by Crippen LogP contribution is -2.47. The Labute approximate surface area is 132 Å². The Morgan fingerprint density at radius 1 is 1.09 bits per heavy atom. The molecular formula is C17H25N3O2. The normalized spacial score (nSPS) is 17.7. The van der Waals surface area contributed by atoms with Crippen molar-refractivity contribution in [3.8, 4) is 0 Å². The molecule has 0 aromatic heterocycles. The van der Waals surface area contributed by atoms with Gasteiger partial charge in [-0.05, 0) is 25.5 Å². The maximum atomic E-state index is 12.7. The molecule has 0 bridgehead atoms. The molecule has 0 radical (unpaired) electrons. The number of likely N-dealkylation sites (N-methyl/N-ethyl adjacent to an activating group) is 1. The van der Waals surface area contributed by atoms with Crippen molar-refractivity contribution in [2.24, 2.45) is 0 Å². The van der Waals surface area contributed by atoms with Gasteiger partial charge in [-0.3, -0.25) is 14.5 Å². The fraction of sp³-hybridized carbons (Fsp3) is 0.529. The molecule has 5 heteroatoms. The van der Waals surface area contributed by atoms with Crippen LogP contribution in [0.25, 0.3) is 0 Å². The predicted octanol–water partition coefficient (Wildman–Crippen LogP) is 1.59. The van der Waals surface area contributed by atoms with Crippen LogP contribution in [-0.4, -0.2) is 60.9 Å². The number of anilines is 1. The van der Waals surface area contributed by atoms with E-state index in [-0.39, 0.29) is 17.9 Å². The molecule has 5 nitrogen and oxygen atoms in total. The first kappa shape index (κ1) is 16.5. The largest absolute Gasteiger partial charge is 0.342 e. The van der Waals surface area contributed by atoms with Gasteiger partial charge in [0.05, 0.1) is 6.04 Å². The molecule has 1 unspecified atom stereocenters. The summed E-state index contributed by atoms with van der Waals surface area (Å²) in [5, 5.41) is 0. The summed E-state index contributed by atoms with van der Waals surface area (Å²) < 4.78 is 0. The summed E-state index contributed by atoms with van der Waals surface area (Å²) in [5.41, 5.74) is 0.902. The number of hydrogen-bond donors (Lipinski definition) is 0. The van der Waals surface area contributed by atoms with Crippen LogP contribution in [0.1, 0.15) is 20.3 Å². The molecule has 0 N–H and O–H groups in total. The van der Waals surface area contributed by atoms with Crippen LogP contribution in [0.4, 0.5) is 5.69 Å². The summed E-state index contributed by atoms with van der Waals surface area (Å²) in [6.07, 6.45) is 0.909. The standard InChI is InChI=1S/C17H25N3O2/c1-14(17(22)18(3)16-8-5-4-6-9-16)19-10-7-11-20(13-12-19)15(2)21/h4-6,8-9,14H,7,10-13H2,1-3H3. The van der Waals surface area contributed by atoms with E-state index in [2.05, 4.69) is 4.90 Å². The second-order valence-electron chi connectivity index (χ2n) is 5.80. The summed E-state index contributed by atoms with van der Waals surface area (Å²) in [5.74, 6) is 0.199. The van der Waals surface area contributed by atoms with E-state index < -0.39 is 0 Å². The van der Waals surface area contributed by atoms with Crippen LogP contribution in [0, 0.1) is 0 Å². The van der Waals surface area contributed by atoms with Crippen molar-refractivity contribution in [3.63, 3.8) is 0 Å². The highest BCUT2D eigenvalue weighted by molar-refractivity contribution is 5.96. The SMILES string of the molecule is CC(=O)N1CCCN(C(C)C(=O)N(C)c2ccccc2)CC1. The van der Waals surface area contributed by atoms with E-state index in [1.54, 1.807) is 11.8 Å². The second-order valence-corrected chi connectivity index (χ2v) is 5.80. The summed E-state index contributed by atoms with van der Waals surface area (Å²) in [4.78, 5) is 29.9. The minimum absolute atomic E-state index is 0.0856. The van der Waals surface area contributed by atoms with E-state index in [1.807, 2.05) is 49.2 Å². The Morgan fingerprint density at radius 2 is 1.77 bits per heavy atom. The highest BCUT2D eigenvalue weighted by atomic mass is 16.2. The molecule has 22 heavy (non-hydrogen) atoms. The van der Waals surface area contributed by atoms with Gasteiger partial charge in [-0.1, -0.05) is 18.2 Å². The van der Waals surface area contributed by atoms with Crippen LogP contribution in [0.2, 0.25) is 0 Å². The van der Waals surface area contributed by atoms with Crippen LogP contribution in [-0.2, 0) is 9.59 Å². The van der Waals surface area contributed by atoms with Gasteiger partial charge in [-0.15, -0.1) is 0 Å². The van der Waals surface area contributed by atoms with Crippen molar-refractivity contribution in [1.82, 2.24) is 9.80 Å². The third kappa shape index (κ3) is 3.85. The number of amides is 2. The van der Waals surface area contributed by atoms with E-state index >= 15 is 0 Å². The fourth-order valence-corrected chi connectivity index (χ4v) is 2.85. The molecule has 2 rings (SSSR count). The van der Waals surface area contributed by atoms with E-state index in [4.69, 9.17) is 0 Å². The van der Waals surface area contributed by atoms with E-state index in [9.17, 15) is 9.59 Å². The highest BCUT2D eigenvalue weighted by Crippen LogP contribution is 2.15. The molecule has 1 fully saturated rings. The van der Waals surface area contributed by atoms with Gasteiger partial charge in [0.15, 0.2) is 0 Å². The van der Waals surface area contributed by atoms with E-state index in [0.717, 1.165) is 31.7 Å². The number of nitrogens with zero attached hydrogens (tertiary/aromatic N) is 3. The lowest BCUT2D eigenvalue weighted by atomic mass is 10.2. The van der Waals surface area contributed by atoms with E-state index in [0.29, 0.717) is 6.54 Å². The van der Waals surface area contributed by atoms with Crippen LogP contribution >= 0.6 is 0 Å². The van der Waals surface area contributed by atoms with Gasteiger partial charge in [-0.2, -0.15) is 0 Å². The zero-order valence-corrected chi connectivity index (χ0v) is 13.7. The number of carbonyl (C=O) groups excluding carboxylic acids is 2. The molecule has 1 aromatic rings. The van der Waals surface area contributed by atoms with Gasteiger partial charge in [0, 0.05) is 45.8 Å². The molecule has 1 aromatic carbocycles. The minimum Gasteiger partial charge on any atom is -0.342 e. The topological polar surface area (TPSA) is 43.9 Å². The lowest BCUT2D eigenvalue weighted by molar-refractivity contribution is -0.128. The van der Waals surface area contributed by atoms with Crippen molar-refractivity contribution < 1.29 is 9.59 Å². The minimum atomic E-state index is -0.183. The zero-order chi connectivity index (χ0) is 16.1. The molecule has 2 amide bonds. The van der Waals surface area contributed by atoms with Crippen molar-refractivity contribution in [3.05, 3.63) is 30.3 Å². The van der Waals surface area contributed by atoms with Crippen LogP contribution in [0.5, 0.6) is 0 Å². The summed E-state index contributed by atoms with van der Waals surface area (Å²) >= 11 is 0. The number of para-hydroxylation sites is 1. The lowest BCUT2D eigenvalue weighted by Gasteiger charge is -2.30. The molecule has 1 heterocycles. The van der Waals surface area contributed by atoms with Crippen LogP contribution in [0.15, 0.2) is 30.3 Å². The Balaban J connectivity index is 2.00. The zero-order valence-electron chi connectivity index (χ0n) is 13.7. The molecule has 0 aliphatic carbocycles. The Kier molecular flexibility index (Phi) is 5.55. The average molecular weight is 303 g/mol. The van der Waals surface area contributed by atoms with Gasteiger partial charge in [0.25, 0.3) is 0 Å². The molecule has 1 aliphatic heterocycles. The Morgan fingerprint density at radius 3 is 2.41 bits per heavy atom. The fourth-order valence-electron chi connectivity index (χ4n) is 2.85. The van der Waals surface area contributed by atoms with Crippen molar-refractivity contribution in [2.45, 2.75) is 26.3 Å². The van der Waals surface area contributed by atoms with Gasteiger partial charge in [-0.25, -0.2) is 0 Å². The summed E-state index contributed by atoms with van der Waals surface area (Å²) in [7, 11) is 1.81. The predicted molar refractivity (Wildman–Crippen MR) is 87.8 cm³/mol. The van der Waals surface area contributed by atoms with Crippen molar-refractivity contribution in [1.29, 1.82) is 0 Å². The highest BCUT2D eigenvalue weighted by Gasteiger charge is 2.27. The van der Waals surface area contributed by atoms with Gasteiger partial charge >= 0.3 is 0 Å². The van der Waals surface area contributed by atoms with Gasteiger partial charge < -0.3 is 9.80 Å². The molecule has 1 aliphatic rings. The molecule has 120 valence electrons. The van der Waals surface area contributed by atoms with Gasteiger partial charge in [0.1, 0.15) is 0 Å². The second kappa shape index (κ2) is 7.40. The average Bonchev–Trinajstić information content (AvgIpc) is 2.79. The molecule has 0 saturated carbocycles. The number of hydrogen-bond acceptors (Lipinski definition) is 3. The van der Waals surface area contributed by atoms with Crippen molar-refractivity contribution in [2.75, 3.05) is 38.1 Å². The first-order chi connectivity index (χ1) is 10.5. The monoisotopic (exact) mass is 303 g/mol. The Hall–Kier alpha value is -1.88. The summed E-state index contributed by atoms with van der Waals surface area (Å²) in [6.45, 7) is 6.62. The third-order valence-electron chi connectivity index (χ3n) is 4.36. The van der Waals surface area contributed by atoms with E-state index in [1.165, 1.54) is 0 Å². The van der Waals surface area contributed by atoms with Crippen molar-refractivity contribution >= 4 is 17.5 Å². The smallest absolute Gasteiger partial charge is 0.243 e. The maximum absolute atomic E-state index is 12.7. The number of benzene rings is 1. The maximum Gasteiger partial charge on any atom is 0.243 e. The quantitative estimate of drug-likeness (QED) is 0.852. The third-order valence-corrected chi connectivity index (χ3v) is 4.36. The number of rotatable bonds is 3. The Bertz CT molecular complexity index is 518. The first-order valence-corrected chi connectivity index (χ1v) is 7.83.